The van der Waals surface area contributed by atoms with E-state index < -0.39 is 29.0 Å². The Bertz CT molecular complexity index is 634. The zero-order valence-electron chi connectivity index (χ0n) is 13.1. The molecule has 0 spiro atoms. The second-order valence-corrected chi connectivity index (χ2v) is 5.87. The number of hydrogen-bond acceptors (Lipinski definition) is 2. The van der Waals surface area contributed by atoms with Gasteiger partial charge in [0.05, 0.1) is 11.0 Å². The second-order valence-electron chi connectivity index (χ2n) is 5.87. The molecule has 0 atom stereocenters. The Labute approximate surface area is 132 Å². The number of benzene rings is 1. The van der Waals surface area contributed by atoms with E-state index in [1.54, 1.807) is 13.8 Å². The molecule has 0 radical (unpaired) electrons. The number of allylic oxidation sites excluding steroid dienone is 1. The Morgan fingerprint density at radius 3 is 2.39 bits per heavy atom. The fourth-order valence-corrected chi connectivity index (χ4v) is 1.67. The lowest BCUT2D eigenvalue weighted by Crippen LogP contribution is -2.42. The van der Waals surface area contributed by atoms with Crippen LogP contribution in [0, 0.1) is 5.41 Å². The molecule has 1 aromatic rings. The first-order valence-electron chi connectivity index (χ1n) is 6.87. The summed E-state index contributed by atoms with van der Waals surface area (Å²) >= 11 is 0. The Morgan fingerprint density at radius 1 is 1.26 bits per heavy atom. The Hall–Kier alpha value is -2.31. The van der Waals surface area contributed by atoms with E-state index in [4.69, 9.17) is 5.73 Å². The summed E-state index contributed by atoms with van der Waals surface area (Å²) < 4.78 is 38.0. The number of nitrogens with two attached hydrogens (primary N) is 1. The number of rotatable bonds is 5. The van der Waals surface area contributed by atoms with E-state index in [0.29, 0.717) is 11.1 Å². The summed E-state index contributed by atoms with van der Waals surface area (Å²) in [6.07, 6.45) is -3.25. The van der Waals surface area contributed by atoms with Crippen molar-refractivity contribution in [3.63, 3.8) is 0 Å². The summed E-state index contributed by atoms with van der Waals surface area (Å²) in [6, 6.07) is 4.71. The normalized spacial score (nSPS) is 12.9. The van der Waals surface area contributed by atoms with Gasteiger partial charge in [-0.3, -0.25) is 9.59 Å². The zero-order valence-corrected chi connectivity index (χ0v) is 13.1. The third-order valence-electron chi connectivity index (χ3n) is 3.36. The fraction of sp³-hybridized carbons (Fsp3) is 0.375. The first-order chi connectivity index (χ1) is 10.4. The lowest BCUT2D eigenvalue weighted by Gasteiger charge is -2.20. The first kappa shape index (κ1) is 18.7. The van der Waals surface area contributed by atoms with Crippen LogP contribution in [0.25, 0.3) is 5.57 Å². The minimum atomic E-state index is -4.44. The summed E-state index contributed by atoms with van der Waals surface area (Å²) in [7, 11) is 0. The van der Waals surface area contributed by atoms with Crippen molar-refractivity contribution in [2.45, 2.75) is 26.9 Å². The van der Waals surface area contributed by atoms with Crippen molar-refractivity contribution in [2.75, 3.05) is 6.54 Å². The Balaban J connectivity index is 2.85. The van der Waals surface area contributed by atoms with Crippen LogP contribution in [0.15, 0.2) is 30.3 Å². The van der Waals surface area contributed by atoms with Crippen molar-refractivity contribution < 1.29 is 22.8 Å². The molecule has 0 saturated heterocycles. The molecule has 3 N–H and O–H groups in total. The Kier molecular flexibility index (Phi) is 5.58. The van der Waals surface area contributed by atoms with Crippen LogP contribution in [-0.4, -0.2) is 18.4 Å². The van der Waals surface area contributed by atoms with Crippen LogP contribution >= 0.6 is 0 Å². The van der Waals surface area contributed by atoms with Gasteiger partial charge in [0, 0.05) is 12.6 Å². The van der Waals surface area contributed by atoms with Gasteiger partial charge in [-0.05, 0) is 44.0 Å². The van der Waals surface area contributed by atoms with Crippen molar-refractivity contribution in [3.05, 3.63) is 41.5 Å². The molecule has 0 heterocycles. The van der Waals surface area contributed by atoms with Crippen molar-refractivity contribution in [2.24, 2.45) is 11.1 Å². The smallest absolute Gasteiger partial charge is 0.369 e. The molecule has 0 saturated carbocycles. The molecular weight excluding hydrogens is 309 g/mol. The van der Waals surface area contributed by atoms with Crippen LogP contribution in [-0.2, 0) is 15.8 Å². The standard InChI is InChI=1S/C16H19F3N2O2/c1-10(7-13(22)21-9-15(2,3)14(20)23)11-5-4-6-12(8-11)16(17,18)19/h4-8H,9H2,1-3H3,(H2,20,23)(H,21,22)/b10-7-. The quantitative estimate of drug-likeness (QED) is 0.816. The molecule has 1 rings (SSSR count). The maximum absolute atomic E-state index is 12.7. The van der Waals surface area contributed by atoms with Gasteiger partial charge in [0.1, 0.15) is 0 Å². The van der Waals surface area contributed by atoms with Crippen LogP contribution < -0.4 is 11.1 Å². The topological polar surface area (TPSA) is 72.2 Å². The third kappa shape index (κ3) is 5.43. The molecule has 0 aromatic heterocycles. The highest BCUT2D eigenvalue weighted by Gasteiger charge is 2.30. The molecule has 0 unspecified atom stereocenters. The van der Waals surface area contributed by atoms with E-state index >= 15 is 0 Å². The van der Waals surface area contributed by atoms with E-state index in [0.717, 1.165) is 12.1 Å². The van der Waals surface area contributed by atoms with Gasteiger partial charge < -0.3 is 11.1 Å². The molecule has 2 amide bonds. The molecule has 7 heteroatoms. The van der Waals surface area contributed by atoms with E-state index in [2.05, 4.69) is 5.32 Å². The summed E-state index contributed by atoms with van der Waals surface area (Å²) in [5, 5.41) is 2.51. The summed E-state index contributed by atoms with van der Waals surface area (Å²) in [5.74, 6) is -1.06. The molecule has 4 nitrogen and oxygen atoms in total. The monoisotopic (exact) mass is 328 g/mol. The maximum Gasteiger partial charge on any atom is 0.416 e. The highest BCUT2D eigenvalue weighted by Crippen LogP contribution is 2.30. The van der Waals surface area contributed by atoms with Gasteiger partial charge in [0.2, 0.25) is 11.8 Å². The van der Waals surface area contributed by atoms with Gasteiger partial charge in [-0.2, -0.15) is 13.2 Å². The molecule has 0 aliphatic rings. The fourth-order valence-electron chi connectivity index (χ4n) is 1.67. The lowest BCUT2D eigenvalue weighted by atomic mass is 9.93. The number of nitrogens with one attached hydrogen (secondary N) is 1. The molecule has 126 valence electrons. The van der Waals surface area contributed by atoms with E-state index in [1.807, 2.05) is 0 Å². The average Bonchev–Trinajstić information content (AvgIpc) is 2.44. The highest BCUT2D eigenvalue weighted by atomic mass is 19.4. The van der Waals surface area contributed by atoms with Crippen LogP contribution in [0.2, 0.25) is 0 Å². The predicted octanol–water partition coefficient (Wildman–Crippen LogP) is 2.74. The number of carbonyl (C=O) groups is 2. The number of alkyl halides is 3. The molecule has 1 aromatic carbocycles. The van der Waals surface area contributed by atoms with Gasteiger partial charge in [0.25, 0.3) is 0 Å². The molecule has 0 fully saturated rings. The van der Waals surface area contributed by atoms with Crippen molar-refractivity contribution in [1.82, 2.24) is 5.32 Å². The van der Waals surface area contributed by atoms with Crippen LogP contribution in [0.5, 0.6) is 0 Å². The van der Waals surface area contributed by atoms with Crippen molar-refractivity contribution in [3.8, 4) is 0 Å². The summed E-state index contributed by atoms with van der Waals surface area (Å²) in [6.45, 7) is 4.74. The first-order valence-corrected chi connectivity index (χ1v) is 6.87. The van der Waals surface area contributed by atoms with E-state index in [9.17, 15) is 22.8 Å². The zero-order chi connectivity index (χ0) is 17.8. The third-order valence-corrected chi connectivity index (χ3v) is 3.36. The number of carbonyl (C=O) groups excluding carboxylic acids is 2. The minimum Gasteiger partial charge on any atom is -0.369 e. The van der Waals surface area contributed by atoms with Crippen LogP contribution in [0.1, 0.15) is 31.9 Å². The molecule has 0 aliphatic heterocycles. The number of hydrogen-bond donors (Lipinski definition) is 2. The van der Waals surface area contributed by atoms with Crippen LogP contribution in [0.4, 0.5) is 13.2 Å². The Morgan fingerprint density at radius 2 is 1.87 bits per heavy atom. The van der Waals surface area contributed by atoms with Crippen molar-refractivity contribution >= 4 is 17.4 Å². The number of amides is 2. The maximum atomic E-state index is 12.7. The number of halogens is 3. The second kappa shape index (κ2) is 6.85. The highest BCUT2D eigenvalue weighted by molar-refractivity contribution is 5.95. The van der Waals surface area contributed by atoms with Crippen LogP contribution in [0.3, 0.4) is 0 Å². The van der Waals surface area contributed by atoms with Gasteiger partial charge in [-0.1, -0.05) is 12.1 Å². The molecule has 0 bridgehead atoms. The molecular formula is C16H19F3N2O2. The minimum absolute atomic E-state index is 0.0353. The van der Waals surface area contributed by atoms with Gasteiger partial charge >= 0.3 is 6.18 Å². The average molecular weight is 328 g/mol. The van der Waals surface area contributed by atoms with Gasteiger partial charge in [-0.15, -0.1) is 0 Å². The summed E-state index contributed by atoms with van der Waals surface area (Å²) in [5.41, 5.74) is 4.18. The van der Waals surface area contributed by atoms with Gasteiger partial charge in [0.15, 0.2) is 0 Å². The SMILES string of the molecule is C/C(=C/C(=O)NCC(C)(C)C(N)=O)c1cccc(C(F)(F)F)c1. The lowest BCUT2D eigenvalue weighted by molar-refractivity contribution is -0.137. The molecule has 23 heavy (non-hydrogen) atoms. The number of primary amides is 1. The predicted molar refractivity (Wildman–Crippen MR) is 81.1 cm³/mol. The van der Waals surface area contributed by atoms with E-state index in [1.165, 1.54) is 25.1 Å². The van der Waals surface area contributed by atoms with E-state index in [-0.39, 0.29) is 6.54 Å². The van der Waals surface area contributed by atoms with Gasteiger partial charge in [-0.25, -0.2) is 0 Å². The molecule has 0 aliphatic carbocycles. The largest absolute Gasteiger partial charge is 0.416 e. The van der Waals surface area contributed by atoms with Crippen molar-refractivity contribution in [1.29, 1.82) is 0 Å². The summed E-state index contributed by atoms with van der Waals surface area (Å²) in [4.78, 5) is 23.0.